The Morgan fingerprint density at radius 1 is 0.475 bits per heavy atom. The number of urea groups is 1. The van der Waals surface area contributed by atoms with Crippen LogP contribution in [0.25, 0.3) is 0 Å². The van der Waals surface area contributed by atoms with Gasteiger partial charge < -0.3 is 52.3 Å². The Kier molecular flexibility index (Phi) is 21.3. The highest BCUT2D eigenvalue weighted by Crippen LogP contribution is 2.35. The molecule has 0 radical (unpaired) electrons. The van der Waals surface area contributed by atoms with E-state index in [4.69, 9.17) is 0 Å². The second-order valence-electron chi connectivity index (χ2n) is 22.3. The summed E-state index contributed by atoms with van der Waals surface area (Å²) in [6.07, 6.45) is 11.9. The summed E-state index contributed by atoms with van der Waals surface area (Å²) in [5.41, 5.74) is 5.90. The maximum absolute atomic E-state index is 14.3. The minimum absolute atomic E-state index is 0.0421. The first-order valence-corrected chi connectivity index (χ1v) is 29.3. The third kappa shape index (κ3) is 15.2. The number of nitrogens with one attached hydrogen (secondary N) is 8. The molecule has 0 aromatic heterocycles. The second kappa shape index (κ2) is 28.9. The first kappa shape index (κ1) is 59.0. The van der Waals surface area contributed by atoms with E-state index in [1.165, 1.54) is 0 Å². The molecule has 428 valence electrons. The number of likely N-dealkylation sites (N-methyl/N-ethyl adjacent to an activating group) is 2. The lowest BCUT2D eigenvalue weighted by Gasteiger charge is -2.36. The lowest BCUT2D eigenvalue weighted by Crippen LogP contribution is -2.58. The van der Waals surface area contributed by atoms with Crippen molar-refractivity contribution < 1.29 is 33.6 Å². The van der Waals surface area contributed by atoms with E-state index in [1.54, 1.807) is 37.7 Å². The van der Waals surface area contributed by atoms with Crippen molar-refractivity contribution >= 4 is 41.5 Å². The minimum Gasteiger partial charge on any atom is -0.343 e. The molecule has 10 atom stereocenters. The molecule has 4 aliphatic heterocycles. The number of amides is 8. The third-order valence-electron chi connectivity index (χ3n) is 16.9. The van der Waals surface area contributed by atoms with Crippen LogP contribution in [-0.4, -0.2) is 127 Å². The van der Waals surface area contributed by atoms with Crippen LogP contribution in [0, 0.1) is 0 Å². The molecule has 1 unspecified atom stereocenters. The molecule has 0 spiro atoms. The van der Waals surface area contributed by atoms with E-state index < -0.39 is 48.3 Å². The van der Waals surface area contributed by atoms with Crippen molar-refractivity contribution in [1.29, 1.82) is 0 Å². The van der Waals surface area contributed by atoms with Gasteiger partial charge in [0.2, 0.25) is 35.4 Å². The van der Waals surface area contributed by atoms with Crippen LogP contribution in [0.2, 0.25) is 0 Å². The summed E-state index contributed by atoms with van der Waals surface area (Å²) in [5, 5.41) is 24.4. The number of benzene rings is 4. The molecule has 4 saturated heterocycles. The molecular formula is C63H84N10O7. The Morgan fingerprint density at radius 3 is 1.21 bits per heavy atom. The third-order valence-corrected chi connectivity index (χ3v) is 16.9. The van der Waals surface area contributed by atoms with E-state index in [0.717, 1.165) is 110 Å². The molecule has 17 nitrogen and oxygen atoms in total. The van der Waals surface area contributed by atoms with Crippen LogP contribution in [-0.2, 0) is 41.6 Å². The van der Waals surface area contributed by atoms with E-state index in [-0.39, 0.29) is 53.6 Å². The molecule has 8 amide bonds. The summed E-state index contributed by atoms with van der Waals surface area (Å²) in [7, 11) is 3.42. The van der Waals surface area contributed by atoms with Crippen LogP contribution in [0.4, 0.5) is 4.79 Å². The normalized spacial score (nSPS) is 22.6. The van der Waals surface area contributed by atoms with Crippen molar-refractivity contribution in [2.75, 3.05) is 27.2 Å². The summed E-state index contributed by atoms with van der Waals surface area (Å²) < 4.78 is 0. The van der Waals surface area contributed by atoms with Crippen LogP contribution in [0.3, 0.4) is 0 Å². The monoisotopic (exact) mass is 1090 g/mol. The molecule has 0 bridgehead atoms. The maximum atomic E-state index is 14.3. The first-order valence-electron chi connectivity index (χ1n) is 29.3. The molecule has 4 heterocycles. The van der Waals surface area contributed by atoms with Gasteiger partial charge in [-0.2, -0.15) is 0 Å². The van der Waals surface area contributed by atoms with Gasteiger partial charge in [0.1, 0.15) is 24.2 Å². The van der Waals surface area contributed by atoms with Crippen LogP contribution in [0.15, 0.2) is 109 Å². The van der Waals surface area contributed by atoms with E-state index in [2.05, 4.69) is 66.8 Å². The Labute approximate surface area is 472 Å². The van der Waals surface area contributed by atoms with Gasteiger partial charge in [0, 0.05) is 25.2 Å². The fourth-order valence-corrected chi connectivity index (χ4v) is 12.0. The van der Waals surface area contributed by atoms with Gasteiger partial charge in [-0.3, -0.25) is 28.8 Å². The Balaban J connectivity index is 0.790. The Bertz CT molecular complexity index is 2530. The molecule has 4 fully saturated rings. The number of fused-ring (bicyclic) bond motifs is 2. The smallest absolute Gasteiger partial charge is 0.314 e. The number of nitrogens with zero attached hydrogens (tertiary/aromatic N) is 2. The summed E-state index contributed by atoms with van der Waals surface area (Å²) >= 11 is 0. The molecular weight excluding hydrogens is 1010 g/mol. The summed E-state index contributed by atoms with van der Waals surface area (Å²) in [6, 6.07) is 31.4. The predicted molar refractivity (Wildman–Crippen MR) is 309 cm³/mol. The van der Waals surface area contributed by atoms with Gasteiger partial charge in [-0.05, 0) is 138 Å². The predicted octanol–water partition coefficient (Wildman–Crippen LogP) is 6.02. The average molecular weight is 1090 g/mol. The van der Waals surface area contributed by atoms with Crippen molar-refractivity contribution in [1.82, 2.24) is 52.3 Å². The largest absolute Gasteiger partial charge is 0.343 e. The van der Waals surface area contributed by atoms with E-state index in [9.17, 15) is 33.6 Å². The van der Waals surface area contributed by atoms with Gasteiger partial charge in [-0.25, -0.2) is 4.79 Å². The second-order valence-corrected chi connectivity index (χ2v) is 22.3. The van der Waals surface area contributed by atoms with Gasteiger partial charge in [0.05, 0.1) is 24.2 Å². The fourth-order valence-electron chi connectivity index (χ4n) is 12.0. The fraction of sp³-hybridized carbons (Fsp3) is 0.508. The molecule has 8 N–H and O–H groups in total. The quantitative estimate of drug-likeness (QED) is 0.0431. The summed E-state index contributed by atoms with van der Waals surface area (Å²) in [4.78, 5) is 98.8. The van der Waals surface area contributed by atoms with E-state index in [0.29, 0.717) is 38.8 Å². The van der Waals surface area contributed by atoms with Crippen molar-refractivity contribution in [3.63, 3.8) is 0 Å². The van der Waals surface area contributed by atoms with Crippen LogP contribution >= 0.6 is 0 Å². The molecule has 0 aliphatic carbocycles. The molecule has 4 aliphatic rings. The SMILES string of the molecule is CN[C@@H](C)C(=O)N[C@H]1CCCCC2CC[C@@H](C(=O)N[C@@H](c3ccccc3)c3ccc(CCCNC(=O)NCCCc4ccc([C@@H](NC(=O)[C@@H]5CC[C@@H]6CCCC[C@H](NC(=O)[C@@H](C)NC)C(=O)N65)c5ccccc5)cc4)cc3)N2C1=O. The molecule has 4 aromatic carbocycles. The topological polar surface area (TPSA) is 222 Å². The number of carbonyl (C=O) groups is 7. The highest BCUT2D eigenvalue weighted by molar-refractivity contribution is 5.95. The Morgan fingerprint density at radius 2 is 0.838 bits per heavy atom. The molecule has 8 rings (SSSR count). The maximum Gasteiger partial charge on any atom is 0.314 e. The highest BCUT2D eigenvalue weighted by atomic mass is 16.2. The van der Waals surface area contributed by atoms with E-state index >= 15 is 0 Å². The van der Waals surface area contributed by atoms with Gasteiger partial charge in [-0.1, -0.05) is 135 Å². The average Bonchev–Trinajstić information content (AvgIpc) is 4.19. The number of hydrogen-bond donors (Lipinski definition) is 8. The lowest BCUT2D eigenvalue weighted by molar-refractivity contribution is -0.144. The Hall–Kier alpha value is -7.11. The number of aryl methyl sites for hydroxylation is 2. The molecule has 17 heteroatoms. The molecule has 0 saturated carbocycles. The summed E-state index contributed by atoms with van der Waals surface area (Å²) in [6.45, 7) is 4.52. The lowest BCUT2D eigenvalue weighted by atomic mass is 9.96. The standard InChI is InChI=1S/C63H84N10O7/c1-41(64-3)57(74)68-51-25-13-11-23-49-35-37-53(72(49)61(51)78)59(76)70-55(45-19-7-5-8-20-45)47-31-27-43(28-32-47)17-15-39-66-63(80)67-40-16-18-44-29-33-48(34-30-44)56(46-21-9-6-10-22-46)71-60(77)54-38-36-50-24-12-14-26-52(62(79)73(50)54)69-58(75)42(2)65-4/h5-10,19-22,27-34,41-42,49-56,64-65H,11-18,23-26,35-40H2,1-4H3,(H,68,74)(H,69,75)(H,70,76)(H,71,77)(H2,66,67,80)/t41-,42+,49+,50?,51+,52+,53+,54+,55+,56+/m1/s1. The van der Waals surface area contributed by atoms with Crippen LogP contribution in [0.5, 0.6) is 0 Å². The van der Waals surface area contributed by atoms with Gasteiger partial charge in [-0.15, -0.1) is 0 Å². The van der Waals surface area contributed by atoms with Gasteiger partial charge in [0.15, 0.2) is 0 Å². The summed E-state index contributed by atoms with van der Waals surface area (Å²) in [5.74, 6) is -1.24. The molecule has 80 heavy (non-hydrogen) atoms. The van der Waals surface area contributed by atoms with Crippen molar-refractivity contribution in [2.45, 2.75) is 177 Å². The zero-order chi connectivity index (χ0) is 56.5. The van der Waals surface area contributed by atoms with Gasteiger partial charge >= 0.3 is 6.03 Å². The highest BCUT2D eigenvalue weighted by Gasteiger charge is 2.46. The van der Waals surface area contributed by atoms with Crippen molar-refractivity contribution in [2.24, 2.45) is 0 Å². The number of carbonyl (C=O) groups excluding carboxylic acids is 7. The zero-order valence-corrected chi connectivity index (χ0v) is 47.1. The zero-order valence-electron chi connectivity index (χ0n) is 47.1. The number of rotatable bonds is 22. The van der Waals surface area contributed by atoms with Gasteiger partial charge in [0.25, 0.3) is 0 Å². The first-order chi connectivity index (χ1) is 38.8. The van der Waals surface area contributed by atoms with Crippen LogP contribution in [0.1, 0.15) is 149 Å². The van der Waals surface area contributed by atoms with Crippen molar-refractivity contribution in [3.05, 3.63) is 143 Å². The van der Waals surface area contributed by atoms with E-state index in [1.807, 2.05) is 84.9 Å². The molecule has 4 aromatic rings. The number of hydrogen-bond acceptors (Lipinski definition) is 9. The minimum atomic E-state index is -0.672. The van der Waals surface area contributed by atoms with Crippen molar-refractivity contribution in [3.8, 4) is 0 Å². The van der Waals surface area contributed by atoms with Crippen LogP contribution < -0.4 is 42.5 Å².